The van der Waals surface area contributed by atoms with Crippen LogP contribution in [0.15, 0.2) is 35.1 Å². The molecule has 1 aliphatic rings. The van der Waals surface area contributed by atoms with E-state index < -0.39 is 40.4 Å². The SMILES string of the molecule is O=C(Nc1cc(-c2c(Cl)n3n(c2=O)CCCC3)c(F)cc1Cl)c1c(F)cccc1C(F)(F)F. The highest BCUT2D eigenvalue weighted by atomic mass is 35.5. The van der Waals surface area contributed by atoms with E-state index in [2.05, 4.69) is 5.32 Å². The maximum absolute atomic E-state index is 14.8. The van der Waals surface area contributed by atoms with E-state index in [9.17, 15) is 31.5 Å². The minimum atomic E-state index is -5.00. The van der Waals surface area contributed by atoms with Crippen LogP contribution in [-0.4, -0.2) is 15.3 Å². The third-order valence-electron chi connectivity index (χ3n) is 5.28. The minimum absolute atomic E-state index is 0.0216. The Morgan fingerprint density at radius 3 is 2.30 bits per heavy atom. The molecular weight excluding hydrogens is 492 g/mol. The Labute approximate surface area is 193 Å². The summed E-state index contributed by atoms with van der Waals surface area (Å²) in [4.78, 5) is 25.4. The van der Waals surface area contributed by atoms with Crippen molar-refractivity contribution in [2.24, 2.45) is 0 Å². The topological polar surface area (TPSA) is 56.0 Å². The van der Waals surface area contributed by atoms with Crippen LogP contribution in [0.2, 0.25) is 10.2 Å². The van der Waals surface area contributed by atoms with E-state index in [1.54, 1.807) is 0 Å². The second-order valence-corrected chi connectivity index (χ2v) is 8.12. The Kier molecular flexibility index (Phi) is 6.00. The summed E-state index contributed by atoms with van der Waals surface area (Å²) in [7, 11) is 0. The van der Waals surface area contributed by atoms with Gasteiger partial charge in [0.15, 0.2) is 0 Å². The first-order valence-electron chi connectivity index (χ1n) is 9.66. The molecule has 0 saturated carbocycles. The molecule has 0 saturated heterocycles. The highest BCUT2D eigenvalue weighted by molar-refractivity contribution is 6.34. The largest absolute Gasteiger partial charge is 0.417 e. The molecule has 1 N–H and O–H groups in total. The predicted octanol–water partition coefficient (Wildman–Crippen LogP) is 5.97. The molecule has 0 fully saturated rings. The molecule has 1 amide bonds. The molecule has 174 valence electrons. The van der Waals surface area contributed by atoms with Crippen molar-refractivity contribution in [2.75, 3.05) is 5.32 Å². The van der Waals surface area contributed by atoms with Crippen LogP contribution in [0.5, 0.6) is 0 Å². The molecule has 1 aromatic heterocycles. The number of alkyl halides is 3. The Bertz CT molecular complexity index is 1330. The normalized spacial score (nSPS) is 13.7. The molecule has 4 rings (SSSR count). The molecule has 0 unspecified atom stereocenters. The van der Waals surface area contributed by atoms with Crippen LogP contribution in [0.1, 0.15) is 28.8 Å². The van der Waals surface area contributed by atoms with Crippen molar-refractivity contribution in [3.05, 3.63) is 73.6 Å². The average molecular weight is 506 g/mol. The van der Waals surface area contributed by atoms with Gasteiger partial charge in [-0.05, 0) is 37.1 Å². The number of anilines is 1. The standard InChI is InChI=1S/C21H14Cl2F5N3O2/c22-12-9-14(25)10(16-18(23)30-6-1-2-7-31(30)20(16)33)8-15(12)29-19(32)17-11(21(26,27)28)4-3-5-13(17)24/h3-5,8-9H,1-2,6-7H2,(H,29,32). The van der Waals surface area contributed by atoms with E-state index >= 15 is 0 Å². The molecule has 2 aromatic carbocycles. The summed E-state index contributed by atoms with van der Waals surface area (Å²) in [5.41, 5.74) is -4.09. The second-order valence-electron chi connectivity index (χ2n) is 7.35. The van der Waals surface area contributed by atoms with Crippen LogP contribution >= 0.6 is 23.2 Å². The number of rotatable bonds is 3. The zero-order valence-corrected chi connectivity index (χ0v) is 18.1. The van der Waals surface area contributed by atoms with Gasteiger partial charge in [-0.3, -0.25) is 14.3 Å². The van der Waals surface area contributed by atoms with Crippen molar-refractivity contribution < 1.29 is 26.7 Å². The van der Waals surface area contributed by atoms with Crippen molar-refractivity contribution >= 4 is 34.8 Å². The zero-order chi connectivity index (χ0) is 24.1. The molecule has 0 radical (unpaired) electrons. The molecule has 2 heterocycles. The van der Waals surface area contributed by atoms with Gasteiger partial charge in [-0.2, -0.15) is 13.2 Å². The highest BCUT2D eigenvalue weighted by Gasteiger charge is 2.37. The Balaban J connectivity index is 1.79. The molecule has 5 nitrogen and oxygen atoms in total. The molecule has 3 aromatic rings. The lowest BCUT2D eigenvalue weighted by Crippen LogP contribution is -2.27. The van der Waals surface area contributed by atoms with Crippen LogP contribution < -0.4 is 10.9 Å². The van der Waals surface area contributed by atoms with E-state index in [4.69, 9.17) is 23.2 Å². The van der Waals surface area contributed by atoms with Gasteiger partial charge in [-0.15, -0.1) is 0 Å². The van der Waals surface area contributed by atoms with E-state index in [0.29, 0.717) is 25.2 Å². The van der Waals surface area contributed by atoms with Gasteiger partial charge in [0.25, 0.3) is 11.5 Å². The Morgan fingerprint density at radius 2 is 1.67 bits per heavy atom. The summed E-state index contributed by atoms with van der Waals surface area (Å²) in [6, 6.07) is 3.85. The predicted molar refractivity (Wildman–Crippen MR) is 113 cm³/mol. The van der Waals surface area contributed by atoms with Crippen molar-refractivity contribution in [1.82, 2.24) is 9.36 Å². The fourth-order valence-corrected chi connectivity index (χ4v) is 4.32. The van der Waals surface area contributed by atoms with Crippen LogP contribution in [0, 0.1) is 11.6 Å². The van der Waals surface area contributed by atoms with Gasteiger partial charge in [-0.25, -0.2) is 13.5 Å². The fraction of sp³-hybridized carbons (Fsp3) is 0.238. The molecule has 1 aliphatic heterocycles. The Hall–Kier alpha value is -2.85. The van der Waals surface area contributed by atoms with E-state index in [1.807, 2.05) is 0 Å². The lowest BCUT2D eigenvalue weighted by atomic mass is 10.0. The maximum atomic E-state index is 14.8. The summed E-state index contributed by atoms with van der Waals surface area (Å²) in [5, 5.41) is 1.69. The number of aromatic nitrogens is 2. The quantitative estimate of drug-likeness (QED) is 0.446. The third kappa shape index (κ3) is 4.13. The van der Waals surface area contributed by atoms with Crippen LogP contribution in [0.4, 0.5) is 27.6 Å². The van der Waals surface area contributed by atoms with E-state index in [-0.39, 0.29) is 27.0 Å². The van der Waals surface area contributed by atoms with Gasteiger partial charge in [0.1, 0.15) is 16.8 Å². The molecule has 0 bridgehead atoms. The number of carbonyl (C=O) groups excluding carboxylic acids is 1. The second kappa shape index (κ2) is 8.49. The number of fused-ring (bicyclic) bond motifs is 1. The number of carbonyl (C=O) groups is 1. The first kappa shape index (κ1) is 23.3. The molecular formula is C21H14Cl2F5N3O2. The fourth-order valence-electron chi connectivity index (χ4n) is 3.76. The van der Waals surface area contributed by atoms with E-state index in [1.165, 1.54) is 9.36 Å². The monoisotopic (exact) mass is 505 g/mol. The van der Waals surface area contributed by atoms with Crippen molar-refractivity contribution in [3.63, 3.8) is 0 Å². The highest BCUT2D eigenvalue weighted by Crippen LogP contribution is 2.36. The van der Waals surface area contributed by atoms with E-state index in [0.717, 1.165) is 31.0 Å². The number of halogens is 7. The minimum Gasteiger partial charge on any atom is -0.321 e. The van der Waals surface area contributed by atoms with Crippen LogP contribution in [-0.2, 0) is 19.3 Å². The van der Waals surface area contributed by atoms with Crippen molar-refractivity contribution in [3.8, 4) is 11.1 Å². The average Bonchev–Trinajstić information content (AvgIpc) is 3.00. The maximum Gasteiger partial charge on any atom is 0.417 e. The molecule has 12 heteroatoms. The lowest BCUT2D eigenvalue weighted by Gasteiger charge is -2.17. The van der Waals surface area contributed by atoms with Crippen molar-refractivity contribution in [2.45, 2.75) is 32.1 Å². The number of amides is 1. The van der Waals surface area contributed by atoms with Gasteiger partial charge in [0.2, 0.25) is 0 Å². The number of nitrogens with one attached hydrogen (secondary N) is 1. The summed E-state index contributed by atoms with van der Waals surface area (Å²) in [6.45, 7) is 0.825. The summed E-state index contributed by atoms with van der Waals surface area (Å²) < 4.78 is 71.6. The Morgan fingerprint density at radius 1 is 1.00 bits per heavy atom. The van der Waals surface area contributed by atoms with Gasteiger partial charge in [-0.1, -0.05) is 29.3 Å². The third-order valence-corrected chi connectivity index (χ3v) is 5.98. The first-order valence-corrected chi connectivity index (χ1v) is 10.4. The number of hydrogen-bond acceptors (Lipinski definition) is 2. The number of benzene rings is 2. The van der Waals surface area contributed by atoms with Crippen LogP contribution in [0.3, 0.4) is 0 Å². The molecule has 0 spiro atoms. The molecule has 0 aliphatic carbocycles. The first-order chi connectivity index (χ1) is 15.5. The van der Waals surface area contributed by atoms with Gasteiger partial charge < -0.3 is 5.32 Å². The molecule has 33 heavy (non-hydrogen) atoms. The summed E-state index contributed by atoms with van der Waals surface area (Å²) in [6.07, 6.45) is -3.50. The van der Waals surface area contributed by atoms with Gasteiger partial charge >= 0.3 is 6.18 Å². The summed E-state index contributed by atoms with van der Waals surface area (Å²) >= 11 is 12.3. The number of nitrogens with zero attached hydrogens (tertiary/aromatic N) is 2. The van der Waals surface area contributed by atoms with Crippen molar-refractivity contribution in [1.29, 1.82) is 0 Å². The van der Waals surface area contributed by atoms with Gasteiger partial charge in [0, 0.05) is 18.7 Å². The van der Waals surface area contributed by atoms with Crippen LogP contribution in [0.25, 0.3) is 11.1 Å². The molecule has 0 atom stereocenters. The summed E-state index contributed by atoms with van der Waals surface area (Å²) in [5.74, 6) is -3.77. The number of hydrogen-bond donors (Lipinski definition) is 1. The lowest BCUT2D eigenvalue weighted by molar-refractivity contribution is -0.138. The smallest absolute Gasteiger partial charge is 0.321 e. The van der Waals surface area contributed by atoms with Gasteiger partial charge in [0.05, 0.1) is 27.4 Å². The zero-order valence-electron chi connectivity index (χ0n) is 16.6.